The smallest absolute Gasteiger partial charge is 0.338 e. The average Bonchev–Trinajstić information content (AvgIpc) is 2.44. The zero-order valence-electron chi connectivity index (χ0n) is 11.0. The first kappa shape index (κ1) is 13.3. The predicted molar refractivity (Wildman–Crippen MR) is 70.3 cm³/mol. The average molecular weight is 261 g/mol. The van der Waals surface area contributed by atoms with Gasteiger partial charge in [0, 0.05) is 17.1 Å². The summed E-state index contributed by atoms with van der Waals surface area (Å²) in [5, 5.41) is 10.4. The van der Waals surface area contributed by atoms with Crippen molar-refractivity contribution in [2.75, 3.05) is 14.2 Å². The maximum Gasteiger partial charge on any atom is 0.338 e. The van der Waals surface area contributed by atoms with E-state index in [-0.39, 0.29) is 0 Å². The lowest BCUT2D eigenvalue weighted by Gasteiger charge is -2.13. The van der Waals surface area contributed by atoms with Crippen LogP contribution in [0.2, 0.25) is 0 Å². The van der Waals surface area contributed by atoms with Crippen molar-refractivity contribution < 1.29 is 19.4 Å². The summed E-state index contributed by atoms with van der Waals surface area (Å²) in [5.74, 6) is 0.110. The molecule has 0 saturated heterocycles. The van der Waals surface area contributed by atoms with Gasteiger partial charge in [-0.3, -0.25) is 4.98 Å². The molecular weight excluding hydrogens is 246 g/mol. The van der Waals surface area contributed by atoms with Gasteiger partial charge in [0.2, 0.25) is 0 Å². The summed E-state index contributed by atoms with van der Waals surface area (Å²) >= 11 is 0. The Labute approximate surface area is 110 Å². The van der Waals surface area contributed by atoms with Crippen molar-refractivity contribution in [2.45, 2.75) is 13.0 Å². The van der Waals surface area contributed by atoms with Gasteiger partial charge in [0.25, 0.3) is 0 Å². The van der Waals surface area contributed by atoms with E-state index < -0.39 is 12.1 Å². The van der Waals surface area contributed by atoms with Crippen LogP contribution < -0.4 is 4.74 Å². The van der Waals surface area contributed by atoms with Gasteiger partial charge in [-0.1, -0.05) is 0 Å². The van der Waals surface area contributed by atoms with Gasteiger partial charge in [-0.15, -0.1) is 0 Å². The first-order valence-electron chi connectivity index (χ1n) is 5.81. The number of fused-ring (bicyclic) bond motifs is 1. The van der Waals surface area contributed by atoms with Gasteiger partial charge in [-0.05, 0) is 25.1 Å². The number of carbonyl (C=O) groups is 1. The van der Waals surface area contributed by atoms with Gasteiger partial charge < -0.3 is 14.6 Å². The standard InChI is InChI=1S/C14H15NO4/c1-8(16)11-7-15-12-5-4-9(18-2)6-10(12)13(11)14(17)19-3/h4-8,16H,1-3H3/t8-/m0/s1. The van der Waals surface area contributed by atoms with E-state index in [4.69, 9.17) is 9.47 Å². The number of hydrogen-bond acceptors (Lipinski definition) is 5. The third-order valence-corrected chi connectivity index (χ3v) is 2.94. The summed E-state index contributed by atoms with van der Waals surface area (Å²) in [6.07, 6.45) is 0.684. The monoisotopic (exact) mass is 261 g/mol. The number of pyridine rings is 1. The quantitative estimate of drug-likeness (QED) is 0.857. The fraction of sp³-hybridized carbons (Fsp3) is 0.286. The van der Waals surface area contributed by atoms with Crippen LogP contribution in [0.5, 0.6) is 5.75 Å². The molecule has 2 rings (SSSR count). The van der Waals surface area contributed by atoms with Crippen molar-refractivity contribution >= 4 is 16.9 Å². The summed E-state index contributed by atoms with van der Waals surface area (Å²) in [6, 6.07) is 5.23. The van der Waals surface area contributed by atoms with E-state index in [0.717, 1.165) is 0 Å². The number of benzene rings is 1. The number of aliphatic hydroxyl groups is 1. The first-order valence-corrected chi connectivity index (χ1v) is 5.81. The summed E-state index contributed by atoms with van der Waals surface area (Å²) in [5.41, 5.74) is 1.40. The third-order valence-electron chi connectivity index (χ3n) is 2.94. The maximum absolute atomic E-state index is 12.0. The Hall–Kier alpha value is -2.14. The van der Waals surface area contributed by atoms with Crippen LogP contribution in [-0.4, -0.2) is 30.3 Å². The molecule has 1 aromatic carbocycles. The molecule has 0 spiro atoms. The minimum Gasteiger partial charge on any atom is -0.497 e. The molecule has 0 fully saturated rings. The first-order chi connectivity index (χ1) is 9.08. The van der Waals surface area contributed by atoms with Gasteiger partial charge in [-0.25, -0.2) is 4.79 Å². The highest BCUT2D eigenvalue weighted by molar-refractivity contribution is 6.05. The SMILES string of the molecule is COC(=O)c1c([C@H](C)O)cnc2ccc(OC)cc12. The van der Waals surface area contributed by atoms with Crippen LogP contribution >= 0.6 is 0 Å². The topological polar surface area (TPSA) is 68.7 Å². The van der Waals surface area contributed by atoms with E-state index in [1.807, 2.05) is 0 Å². The van der Waals surface area contributed by atoms with E-state index in [9.17, 15) is 9.90 Å². The molecule has 19 heavy (non-hydrogen) atoms. The van der Waals surface area contributed by atoms with Crippen LogP contribution in [0.4, 0.5) is 0 Å². The highest BCUT2D eigenvalue weighted by Crippen LogP contribution is 2.28. The molecule has 0 unspecified atom stereocenters. The molecule has 0 aliphatic carbocycles. The summed E-state index contributed by atoms with van der Waals surface area (Å²) in [6.45, 7) is 1.58. The van der Waals surface area contributed by atoms with E-state index in [2.05, 4.69) is 4.98 Å². The second-order valence-corrected chi connectivity index (χ2v) is 4.14. The number of hydrogen-bond donors (Lipinski definition) is 1. The third kappa shape index (κ3) is 2.37. The second kappa shape index (κ2) is 5.24. The molecule has 1 heterocycles. The Morgan fingerprint density at radius 3 is 2.68 bits per heavy atom. The number of carbonyl (C=O) groups excluding carboxylic acids is 1. The normalized spacial score (nSPS) is 12.2. The minimum atomic E-state index is -0.808. The predicted octanol–water partition coefficient (Wildman–Crippen LogP) is 2.08. The van der Waals surface area contributed by atoms with Gasteiger partial charge in [0.15, 0.2) is 0 Å². The Morgan fingerprint density at radius 2 is 2.11 bits per heavy atom. The maximum atomic E-state index is 12.0. The van der Waals surface area contributed by atoms with Gasteiger partial charge >= 0.3 is 5.97 Å². The molecule has 100 valence electrons. The van der Waals surface area contributed by atoms with Gasteiger partial charge in [-0.2, -0.15) is 0 Å². The largest absolute Gasteiger partial charge is 0.497 e. The van der Waals surface area contributed by atoms with Crippen molar-refractivity contribution in [3.63, 3.8) is 0 Å². The summed E-state index contributed by atoms with van der Waals surface area (Å²) in [4.78, 5) is 16.2. The minimum absolute atomic E-state index is 0.321. The second-order valence-electron chi connectivity index (χ2n) is 4.14. The van der Waals surface area contributed by atoms with Gasteiger partial charge in [0.05, 0.1) is 31.4 Å². The number of aromatic nitrogens is 1. The van der Waals surface area contributed by atoms with Crippen LogP contribution in [0.3, 0.4) is 0 Å². The molecule has 0 aliphatic heterocycles. The zero-order valence-corrected chi connectivity index (χ0v) is 11.0. The number of esters is 1. The Morgan fingerprint density at radius 1 is 1.37 bits per heavy atom. The molecule has 0 radical (unpaired) electrons. The Kier molecular flexibility index (Phi) is 3.66. The Bertz CT molecular complexity index is 622. The van der Waals surface area contributed by atoms with E-state index in [0.29, 0.717) is 27.8 Å². The molecule has 5 nitrogen and oxygen atoms in total. The van der Waals surface area contributed by atoms with Crippen LogP contribution in [0, 0.1) is 0 Å². The molecular formula is C14H15NO4. The summed E-state index contributed by atoms with van der Waals surface area (Å²) < 4.78 is 9.94. The number of ether oxygens (including phenoxy) is 2. The van der Waals surface area contributed by atoms with Crippen molar-refractivity contribution in [1.82, 2.24) is 4.98 Å². The van der Waals surface area contributed by atoms with Gasteiger partial charge in [0.1, 0.15) is 5.75 Å². The fourth-order valence-corrected chi connectivity index (χ4v) is 1.96. The number of methoxy groups -OCH3 is 2. The number of rotatable bonds is 3. The van der Waals surface area contributed by atoms with Crippen molar-refractivity contribution in [1.29, 1.82) is 0 Å². The van der Waals surface area contributed by atoms with Crippen LogP contribution in [0.1, 0.15) is 28.9 Å². The molecule has 2 aromatic rings. The van der Waals surface area contributed by atoms with Crippen LogP contribution in [0.25, 0.3) is 10.9 Å². The van der Waals surface area contributed by atoms with E-state index >= 15 is 0 Å². The molecule has 0 saturated carbocycles. The number of aliphatic hydroxyl groups excluding tert-OH is 1. The molecule has 0 bridgehead atoms. The van der Waals surface area contributed by atoms with Crippen molar-refractivity contribution in [3.8, 4) is 5.75 Å². The molecule has 1 aromatic heterocycles. The van der Waals surface area contributed by atoms with Crippen LogP contribution in [-0.2, 0) is 4.74 Å². The number of nitrogens with zero attached hydrogens (tertiary/aromatic N) is 1. The fourth-order valence-electron chi connectivity index (χ4n) is 1.96. The Balaban J connectivity index is 2.80. The molecule has 1 N–H and O–H groups in total. The molecule has 5 heteroatoms. The lowest BCUT2D eigenvalue weighted by molar-refractivity contribution is 0.0596. The van der Waals surface area contributed by atoms with Crippen molar-refractivity contribution in [2.24, 2.45) is 0 Å². The lowest BCUT2D eigenvalue weighted by Crippen LogP contribution is -2.09. The lowest BCUT2D eigenvalue weighted by atomic mass is 10.0. The molecule has 0 aliphatic rings. The highest BCUT2D eigenvalue weighted by atomic mass is 16.5. The van der Waals surface area contributed by atoms with E-state index in [1.54, 1.807) is 32.2 Å². The van der Waals surface area contributed by atoms with Crippen LogP contribution in [0.15, 0.2) is 24.4 Å². The highest BCUT2D eigenvalue weighted by Gasteiger charge is 2.20. The summed E-state index contributed by atoms with van der Waals surface area (Å²) in [7, 11) is 2.85. The van der Waals surface area contributed by atoms with Crippen molar-refractivity contribution in [3.05, 3.63) is 35.5 Å². The van der Waals surface area contributed by atoms with E-state index in [1.165, 1.54) is 13.3 Å². The molecule has 0 amide bonds. The zero-order chi connectivity index (χ0) is 14.0. The molecule has 1 atom stereocenters.